The van der Waals surface area contributed by atoms with Gasteiger partial charge in [0.25, 0.3) is 0 Å². The molecule has 0 saturated heterocycles. The first-order valence-electron chi connectivity index (χ1n) is 10.5. The third-order valence-corrected chi connectivity index (χ3v) is 4.57. The maximum absolute atomic E-state index is 12.6. The van der Waals surface area contributed by atoms with Crippen LogP contribution >= 0.6 is 0 Å². The maximum Gasteiger partial charge on any atom is 0.221 e. The van der Waals surface area contributed by atoms with Crippen LogP contribution in [-0.2, 0) is 16.1 Å². The summed E-state index contributed by atoms with van der Waals surface area (Å²) in [6, 6.07) is 19.8. The highest BCUT2D eigenvalue weighted by atomic mass is 16.5. The van der Waals surface area contributed by atoms with Gasteiger partial charge in [-0.05, 0) is 30.4 Å². The van der Waals surface area contributed by atoms with Crippen LogP contribution in [0.25, 0.3) is 5.70 Å². The fourth-order valence-electron chi connectivity index (χ4n) is 3.04. The van der Waals surface area contributed by atoms with E-state index in [2.05, 4.69) is 26.1 Å². The third-order valence-electron chi connectivity index (χ3n) is 4.57. The molecule has 1 N–H and O–H groups in total. The van der Waals surface area contributed by atoms with Gasteiger partial charge in [-0.3, -0.25) is 9.79 Å². The van der Waals surface area contributed by atoms with Crippen LogP contribution in [0, 0.1) is 5.41 Å². The number of nitrogens with zero attached hydrogens (tertiary/aromatic N) is 1. The number of rotatable bonds is 9. The molecule has 4 nitrogen and oxygen atoms in total. The Hall–Kier alpha value is -2.72. The Morgan fingerprint density at radius 1 is 1.07 bits per heavy atom. The molecule has 1 amide bonds. The zero-order chi connectivity index (χ0) is 22.0. The van der Waals surface area contributed by atoms with E-state index in [4.69, 9.17) is 9.73 Å². The van der Waals surface area contributed by atoms with Crippen molar-refractivity contribution in [3.8, 4) is 0 Å². The van der Waals surface area contributed by atoms with Crippen molar-refractivity contribution in [1.82, 2.24) is 5.32 Å². The van der Waals surface area contributed by atoms with Crippen LogP contribution in [-0.4, -0.2) is 24.3 Å². The number of carbonyl (C=O) groups excluding carboxylic acids is 1. The summed E-state index contributed by atoms with van der Waals surface area (Å²) < 4.78 is 5.94. The lowest BCUT2D eigenvalue weighted by molar-refractivity contribution is -0.123. The van der Waals surface area contributed by atoms with E-state index in [1.807, 2.05) is 80.6 Å². The van der Waals surface area contributed by atoms with Crippen molar-refractivity contribution < 1.29 is 9.53 Å². The topological polar surface area (TPSA) is 50.7 Å². The molecule has 0 radical (unpaired) electrons. The summed E-state index contributed by atoms with van der Waals surface area (Å²) in [5.74, 6) is 0.00657. The van der Waals surface area contributed by atoms with Crippen molar-refractivity contribution >= 4 is 17.3 Å². The zero-order valence-electron chi connectivity index (χ0n) is 18.8. The maximum atomic E-state index is 12.6. The molecule has 0 spiro atoms. The van der Waals surface area contributed by atoms with Gasteiger partial charge in [0.2, 0.25) is 5.91 Å². The Balaban J connectivity index is 2.14. The number of benzene rings is 2. The number of hydrogen-bond donors (Lipinski definition) is 1. The van der Waals surface area contributed by atoms with Crippen LogP contribution in [0.4, 0.5) is 0 Å². The Morgan fingerprint density at radius 2 is 1.67 bits per heavy atom. The van der Waals surface area contributed by atoms with Crippen LogP contribution in [0.1, 0.15) is 52.2 Å². The third kappa shape index (κ3) is 8.34. The van der Waals surface area contributed by atoms with Gasteiger partial charge >= 0.3 is 0 Å². The van der Waals surface area contributed by atoms with Crippen molar-refractivity contribution in [2.45, 2.75) is 53.7 Å². The molecule has 0 aliphatic carbocycles. The normalized spacial score (nSPS) is 13.8. The number of nitrogens with one attached hydrogen (secondary N) is 1. The largest absolute Gasteiger partial charge is 0.374 e. The monoisotopic (exact) mass is 406 g/mol. The highest BCUT2D eigenvalue weighted by molar-refractivity contribution is 5.95. The summed E-state index contributed by atoms with van der Waals surface area (Å²) in [5.41, 5.74) is 3.77. The molecule has 0 bridgehead atoms. The highest BCUT2D eigenvalue weighted by Gasteiger charge is 2.21. The van der Waals surface area contributed by atoms with Gasteiger partial charge in [0, 0.05) is 12.1 Å². The van der Waals surface area contributed by atoms with E-state index in [1.54, 1.807) is 0 Å². The molecule has 0 saturated carbocycles. The van der Waals surface area contributed by atoms with Gasteiger partial charge in [-0.25, -0.2) is 0 Å². The molecule has 0 aromatic heterocycles. The number of carbonyl (C=O) groups is 1. The van der Waals surface area contributed by atoms with E-state index in [-0.39, 0.29) is 17.4 Å². The molecular formula is C26H34N2O2. The molecule has 2 rings (SSSR count). The summed E-state index contributed by atoms with van der Waals surface area (Å²) in [7, 11) is 0. The average molecular weight is 407 g/mol. The Bertz CT molecular complexity index is 850. The van der Waals surface area contributed by atoms with Crippen molar-refractivity contribution in [1.29, 1.82) is 0 Å². The minimum absolute atomic E-state index is 0.00657. The van der Waals surface area contributed by atoms with E-state index in [1.165, 1.54) is 0 Å². The standard InChI is InChI=1S/C26H34N2O2/c1-6-23(22-15-11-8-12-16-22)27-20(2)24(28-25(29)17-26(3,4)5)19-30-18-21-13-9-7-10-14-21/h6-16,24H,17-19H2,1-5H3,(H,28,29)/b23-6-,27-20?/t24-/m0/s1. The Morgan fingerprint density at radius 3 is 2.23 bits per heavy atom. The molecule has 0 heterocycles. The second-order valence-corrected chi connectivity index (χ2v) is 8.65. The van der Waals surface area contributed by atoms with Crippen LogP contribution in [0.15, 0.2) is 71.7 Å². The molecule has 160 valence electrons. The summed E-state index contributed by atoms with van der Waals surface area (Å²) in [6.07, 6.45) is 2.43. The second-order valence-electron chi connectivity index (χ2n) is 8.65. The van der Waals surface area contributed by atoms with E-state index >= 15 is 0 Å². The lowest BCUT2D eigenvalue weighted by atomic mass is 9.92. The first-order valence-corrected chi connectivity index (χ1v) is 10.5. The second kappa shape index (κ2) is 11.5. The van der Waals surface area contributed by atoms with Crippen LogP contribution in [0.3, 0.4) is 0 Å². The van der Waals surface area contributed by atoms with E-state index in [9.17, 15) is 4.79 Å². The molecule has 0 aliphatic heterocycles. The molecule has 2 aromatic rings. The molecule has 0 fully saturated rings. The number of ether oxygens (including phenoxy) is 1. The summed E-state index contributed by atoms with van der Waals surface area (Å²) >= 11 is 0. The van der Waals surface area contributed by atoms with Gasteiger partial charge in [0.1, 0.15) is 0 Å². The average Bonchev–Trinajstić information content (AvgIpc) is 2.71. The minimum Gasteiger partial charge on any atom is -0.374 e. The lowest BCUT2D eigenvalue weighted by Crippen LogP contribution is -2.44. The van der Waals surface area contributed by atoms with Crippen molar-refractivity contribution in [3.63, 3.8) is 0 Å². The quantitative estimate of drug-likeness (QED) is 0.547. The zero-order valence-corrected chi connectivity index (χ0v) is 18.8. The van der Waals surface area contributed by atoms with Gasteiger partial charge in [0.05, 0.1) is 25.0 Å². The van der Waals surface area contributed by atoms with E-state index < -0.39 is 0 Å². The predicted molar refractivity (Wildman–Crippen MR) is 125 cm³/mol. The van der Waals surface area contributed by atoms with Gasteiger partial charge in [-0.1, -0.05) is 87.5 Å². The van der Waals surface area contributed by atoms with Crippen LogP contribution in [0.5, 0.6) is 0 Å². The molecule has 1 atom stereocenters. The Kier molecular flexibility index (Phi) is 9.00. The van der Waals surface area contributed by atoms with E-state index in [0.29, 0.717) is 19.6 Å². The highest BCUT2D eigenvalue weighted by Crippen LogP contribution is 2.19. The van der Waals surface area contributed by atoms with Gasteiger partial charge in [0.15, 0.2) is 0 Å². The molecule has 2 aromatic carbocycles. The van der Waals surface area contributed by atoms with Crippen molar-refractivity contribution in [2.75, 3.05) is 6.61 Å². The molecule has 30 heavy (non-hydrogen) atoms. The first kappa shape index (κ1) is 23.6. The summed E-state index contributed by atoms with van der Waals surface area (Å²) in [4.78, 5) is 17.4. The molecule has 4 heteroatoms. The van der Waals surface area contributed by atoms with Crippen molar-refractivity contribution in [2.24, 2.45) is 10.4 Å². The van der Waals surface area contributed by atoms with Gasteiger partial charge < -0.3 is 10.1 Å². The molecule has 0 unspecified atom stereocenters. The fraction of sp³-hybridized carbons (Fsp3) is 0.385. The number of aliphatic imine (C=N–C) groups is 1. The van der Waals surface area contributed by atoms with Crippen molar-refractivity contribution in [3.05, 3.63) is 77.9 Å². The van der Waals surface area contributed by atoms with E-state index in [0.717, 1.165) is 22.5 Å². The number of amides is 1. The number of hydrogen-bond acceptors (Lipinski definition) is 3. The molecular weight excluding hydrogens is 372 g/mol. The van der Waals surface area contributed by atoms with Gasteiger partial charge in [-0.15, -0.1) is 0 Å². The summed E-state index contributed by atoms with van der Waals surface area (Å²) in [5, 5.41) is 3.12. The molecule has 0 aliphatic rings. The SMILES string of the molecule is C/C=C(\N=C(C)[C@H](COCc1ccccc1)NC(=O)CC(C)(C)C)c1ccccc1. The fourth-order valence-corrected chi connectivity index (χ4v) is 3.04. The first-order chi connectivity index (χ1) is 14.3. The van der Waals surface area contributed by atoms with Crippen LogP contribution < -0.4 is 5.32 Å². The smallest absolute Gasteiger partial charge is 0.221 e. The Labute approximate surface area is 181 Å². The van der Waals surface area contributed by atoms with Gasteiger partial charge in [-0.2, -0.15) is 0 Å². The predicted octanol–water partition coefficient (Wildman–Crippen LogP) is 5.65. The lowest BCUT2D eigenvalue weighted by Gasteiger charge is -2.23. The van der Waals surface area contributed by atoms with Crippen LogP contribution in [0.2, 0.25) is 0 Å². The summed E-state index contributed by atoms with van der Waals surface area (Å²) in [6.45, 7) is 10.9. The minimum atomic E-state index is -0.290. The number of allylic oxidation sites excluding steroid dienone is 1.